The molecular weight excluding hydrogens is 544 g/mol. The molecule has 3 aromatic carbocycles. The van der Waals surface area contributed by atoms with E-state index < -0.39 is 23.6 Å². The predicted molar refractivity (Wildman–Crippen MR) is 157 cm³/mol. The molecule has 7 nitrogen and oxygen atoms in total. The quantitative estimate of drug-likeness (QED) is 0.125. The third-order valence-electron chi connectivity index (χ3n) is 6.71. The van der Waals surface area contributed by atoms with E-state index in [1.54, 1.807) is 16.7 Å². The van der Waals surface area contributed by atoms with Gasteiger partial charge in [-0.15, -0.1) is 0 Å². The maximum atomic E-state index is 13.6. The molecule has 0 atom stereocenters. The van der Waals surface area contributed by atoms with Gasteiger partial charge in [0, 0.05) is 17.5 Å². The number of carboxylic acids is 2. The number of aryl methyl sites for hydroxylation is 1. The van der Waals surface area contributed by atoms with Crippen LogP contribution >= 0.6 is 0 Å². The second kappa shape index (κ2) is 14.1. The van der Waals surface area contributed by atoms with E-state index in [0.717, 1.165) is 39.4 Å². The summed E-state index contributed by atoms with van der Waals surface area (Å²) in [4.78, 5) is 22.7. The summed E-state index contributed by atoms with van der Waals surface area (Å²) in [7, 11) is 0. The second-order valence-electron chi connectivity index (χ2n) is 9.58. The lowest BCUT2D eigenvalue weighted by molar-refractivity contribution is -0.138. The van der Waals surface area contributed by atoms with Crippen LogP contribution in [0.25, 0.3) is 23.1 Å². The molecule has 4 aromatic rings. The number of hydrogen-bond acceptors (Lipinski definition) is 4. The highest BCUT2D eigenvalue weighted by atomic mass is 19.2. The molecule has 218 valence electrons. The second-order valence-corrected chi connectivity index (χ2v) is 9.58. The van der Waals surface area contributed by atoms with E-state index in [9.17, 15) is 23.5 Å². The minimum atomic E-state index is -1.02. The summed E-state index contributed by atoms with van der Waals surface area (Å²) in [5.41, 5.74) is 4.35. The van der Waals surface area contributed by atoms with Crippen molar-refractivity contribution in [2.45, 2.75) is 32.7 Å². The average molecular weight is 576 g/mol. The highest BCUT2D eigenvalue weighted by Gasteiger charge is 2.18. The number of nitrogens with zero attached hydrogens (tertiary/aromatic N) is 1. The van der Waals surface area contributed by atoms with E-state index in [4.69, 9.17) is 14.6 Å². The van der Waals surface area contributed by atoms with Gasteiger partial charge in [0.05, 0.1) is 5.52 Å². The SMILES string of the molecule is Cc1c(CCCC(=O)O)c2cccc(C=Cc3ccc(OCC=CCOc4cccc(F)c4F)cc3)c2n1CC(=O)O. The topological polar surface area (TPSA) is 98.0 Å². The molecule has 0 fully saturated rings. The molecule has 0 aliphatic rings. The van der Waals surface area contributed by atoms with E-state index in [0.29, 0.717) is 18.6 Å². The molecule has 0 spiro atoms. The third-order valence-corrected chi connectivity index (χ3v) is 6.71. The molecule has 0 radical (unpaired) electrons. The highest BCUT2D eigenvalue weighted by molar-refractivity contribution is 5.95. The van der Waals surface area contributed by atoms with Crippen LogP contribution in [0.2, 0.25) is 0 Å². The molecule has 0 amide bonds. The Balaban J connectivity index is 1.41. The van der Waals surface area contributed by atoms with Gasteiger partial charge in [-0.3, -0.25) is 9.59 Å². The largest absolute Gasteiger partial charge is 0.490 e. The Hall–Kier alpha value is -4.92. The Bertz CT molecular complexity index is 1620. The van der Waals surface area contributed by atoms with Gasteiger partial charge in [0.2, 0.25) is 5.82 Å². The lowest BCUT2D eigenvalue weighted by Crippen LogP contribution is -2.10. The molecular formula is C33H31F2NO6. The molecule has 0 bridgehead atoms. The zero-order valence-electron chi connectivity index (χ0n) is 23.1. The van der Waals surface area contributed by atoms with Gasteiger partial charge in [0.15, 0.2) is 11.6 Å². The number of carboxylic acid groups (broad SMARTS) is 2. The van der Waals surface area contributed by atoms with E-state index >= 15 is 0 Å². The normalized spacial score (nSPS) is 11.5. The van der Waals surface area contributed by atoms with Gasteiger partial charge in [-0.25, -0.2) is 4.39 Å². The molecule has 1 aromatic heterocycles. The average Bonchev–Trinajstić information content (AvgIpc) is 3.22. The minimum Gasteiger partial charge on any atom is -0.490 e. The molecule has 9 heteroatoms. The van der Waals surface area contributed by atoms with Crippen LogP contribution in [-0.4, -0.2) is 39.9 Å². The Morgan fingerprint density at radius 1 is 0.881 bits per heavy atom. The van der Waals surface area contributed by atoms with Crippen molar-refractivity contribution in [2.24, 2.45) is 0 Å². The number of fused-ring (bicyclic) bond motifs is 1. The molecule has 0 aliphatic heterocycles. The van der Waals surface area contributed by atoms with Crippen LogP contribution in [0.5, 0.6) is 11.5 Å². The van der Waals surface area contributed by atoms with Gasteiger partial charge >= 0.3 is 11.9 Å². The van der Waals surface area contributed by atoms with E-state index in [1.807, 2.05) is 61.5 Å². The lowest BCUT2D eigenvalue weighted by atomic mass is 10.0. The third kappa shape index (κ3) is 7.63. The molecule has 0 saturated carbocycles. The number of halogens is 2. The van der Waals surface area contributed by atoms with Crippen LogP contribution in [0, 0.1) is 18.6 Å². The molecule has 4 rings (SSSR count). The number of carbonyl (C=O) groups is 2. The van der Waals surface area contributed by atoms with Crippen LogP contribution in [0.1, 0.15) is 35.2 Å². The molecule has 42 heavy (non-hydrogen) atoms. The van der Waals surface area contributed by atoms with Gasteiger partial charge in [0.25, 0.3) is 0 Å². The number of aliphatic carboxylic acids is 2. The fraction of sp³-hybridized carbons (Fsp3) is 0.212. The lowest BCUT2D eigenvalue weighted by Gasteiger charge is -2.08. The zero-order chi connectivity index (χ0) is 30.1. The van der Waals surface area contributed by atoms with Crippen LogP contribution in [-0.2, 0) is 22.6 Å². The first kappa shape index (κ1) is 30.0. The summed E-state index contributed by atoms with van der Waals surface area (Å²) in [5.74, 6) is -3.30. The smallest absolute Gasteiger partial charge is 0.323 e. The summed E-state index contributed by atoms with van der Waals surface area (Å²) in [6.45, 7) is 2.01. The first-order valence-electron chi connectivity index (χ1n) is 13.4. The van der Waals surface area contributed by atoms with Crippen molar-refractivity contribution in [3.63, 3.8) is 0 Å². The molecule has 0 unspecified atom stereocenters. The molecule has 0 aliphatic carbocycles. The van der Waals surface area contributed by atoms with Crippen LogP contribution in [0.4, 0.5) is 8.78 Å². The Kier molecular flexibility index (Phi) is 10.1. The minimum absolute atomic E-state index is 0.0485. The van der Waals surface area contributed by atoms with Crippen molar-refractivity contribution in [3.8, 4) is 11.5 Å². The molecule has 1 heterocycles. The van der Waals surface area contributed by atoms with Crippen LogP contribution in [0.15, 0.2) is 72.8 Å². The predicted octanol–water partition coefficient (Wildman–Crippen LogP) is 6.90. The molecule has 0 saturated heterocycles. The van der Waals surface area contributed by atoms with Crippen LogP contribution < -0.4 is 9.47 Å². The number of benzene rings is 3. The van der Waals surface area contributed by atoms with Gasteiger partial charge in [-0.1, -0.05) is 48.6 Å². The fourth-order valence-electron chi connectivity index (χ4n) is 4.71. The van der Waals surface area contributed by atoms with E-state index in [2.05, 4.69) is 0 Å². The number of rotatable bonds is 14. The van der Waals surface area contributed by atoms with E-state index in [-0.39, 0.29) is 31.9 Å². The van der Waals surface area contributed by atoms with Crippen molar-refractivity contribution in [1.82, 2.24) is 4.57 Å². The standard InChI is InChI=1S/C33H31F2NO6/c1-22-26(8-5-12-30(37)38)27-9-4-7-24(33(27)36(22)21-31(39)40)16-13-23-14-17-25(18-15-23)41-19-2-3-20-42-29-11-6-10-28(34)32(29)35/h2-4,6-7,9-11,13-18H,5,8,12,19-21H2,1H3,(H,37,38)(H,39,40). The summed E-state index contributed by atoms with van der Waals surface area (Å²) in [6.07, 6.45) is 8.29. The van der Waals surface area contributed by atoms with Gasteiger partial charge in [0.1, 0.15) is 25.5 Å². The zero-order valence-corrected chi connectivity index (χ0v) is 23.1. The van der Waals surface area contributed by atoms with Crippen molar-refractivity contribution < 1.29 is 38.1 Å². The summed E-state index contributed by atoms with van der Waals surface area (Å²) < 4.78 is 39.5. The Labute approximate surface area is 241 Å². The van der Waals surface area contributed by atoms with Gasteiger partial charge in [-0.2, -0.15) is 4.39 Å². The number of aromatic nitrogens is 1. The van der Waals surface area contributed by atoms with Crippen molar-refractivity contribution in [2.75, 3.05) is 13.2 Å². The van der Waals surface area contributed by atoms with E-state index in [1.165, 1.54) is 12.1 Å². The fourth-order valence-corrected chi connectivity index (χ4v) is 4.71. The van der Waals surface area contributed by atoms with Crippen molar-refractivity contribution in [3.05, 3.63) is 107 Å². The first-order valence-corrected chi connectivity index (χ1v) is 13.4. The van der Waals surface area contributed by atoms with Crippen LogP contribution in [0.3, 0.4) is 0 Å². The first-order chi connectivity index (χ1) is 20.2. The number of hydrogen-bond donors (Lipinski definition) is 2. The maximum Gasteiger partial charge on any atom is 0.323 e. The van der Waals surface area contributed by atoms with Gasteiger partial charge < -0.3 is 24.3 Å². The Morgan fingerprint density at radius 2 is 1.60 bits per heavy atom. The Morgan fingerprint density at radius 3 is 2.31 bits per heavy atom. The summed E-state index contributed by atoms with van der Waals surface area (Å²) >= 11 is 0. The monoisotopic (exact) mass is 575 g/mol. The number of para-hydroxylation sites is 1. The highest BCUT2D eigenvalue weighted by Crippen LogP contribution is 2.31. The van der Waals surface area contributed by atoms with Gasteiger partial charge in [-0.05, 0) is 72.9 Å². The van der Waals surface area contributed by atoms with Crippen molar-refractivity contribution >= 4 is 35.0 Å². The molecule has 2 N–H and O–H groups in total. The summed E-state index contributed by atoms with van der Waals surface area (Å²) in [5, 5.41) is 19.5. The maximum absolute atomic E-state index is 13.6. The summed E-state index contributed by atoms with van der Waals surface area (Å²) in [6, 6.07) is 17.0. The number of ether oxygens (including phenoxy) is 2. The van der Waals surface area contributed by atoms with Crippen molar-refractivity contribution in [1.29, 1.82) is 0 Å².